The summed E-state index contributed by atoms with van der Waals surface area (Å²) in [6.45, 7) is 4.43. The second-order valence-electron chi connectivity index (χ2n) is 12.0. The van der Waals surface area contributed by atoms with E-state index in [9.17, 15) is 23.5 Å². The molecule has 46 heavy (non-hydrogen) atoms. The number of aliphatic hydroxyl groups is 1. The molecule has 9 nitrogen and oxygen atoms in total. The number of halogens is 6. The van der Waals surface area contributed by atoms with Gasteiger partial charge in [-0.2, -0.15) is 0 Å². The molecule has 0 aliphatic heterocycles. The molecule has 6 aliphatic rings. The molecule has 0 unspecified atom stereocenters. The molecule has 1 N–H and O–H groups in total. The average Bonchev–Trinajstić information content (AvgIpc) is 3.03. The second kappa shape index (κ2) is 18.0. The topological polar surface area (TPSA) is 124 Å². The van der Waals surface area contributed by atoms with Crippen LogP contribution in [0.25, 0.3) is 0 Å². The lowest BCUT2D eigenvalue weighted by Crippen LogP contribution is -2.48. The summed E-state index contributed by atoms with van der Waals surface area (Å²) in [4.78, 5) is 38.3. The third kappa shape index (κ3) is 9.58. The highest BCUT2D eigenvalue weighted by atomic mass is 35.5. The van der Waals surface area contributed by atoms with Crippen molar-refractivity contribution in [1.29, 1.82) is 0 Å². The molecule has 256 valence electrons. The van der Waals surface area contributed by atoms with Crippen molar-refractivity contribution in [1.82, 2.24) is 19.9 Å². The maximum absolute atomic E-state index is 13.9. The highest BCUT2D eigenvalue weighted by Gasteiger charge is 2.48. The quantitative estimate of drug-likeness (QED) is 0.188. The lowest BCUT2D eigenvalue weighted by molar-refractivity contribution is -0.164. The average molecular weight is 728 g/mol. The number of carbonyl (C=O) groups excluding carboxylic acids is 2. The molecule has 0 aromatic carbocycles. The summed E-state index contributed by atoms with van der Waals surface area (Å²) >= 11 is 16.2. The number of fused-ring (bicyclic) bond motifs is 6. The van der Waals surface area contributed by atoms with Crippen LogP contribution in [0.2, 0.25) is 15.7 Å². The van der Waals surface area contributed by atoms with E-state index in [1.54, 1.807) is 0 Å². The molecule has 2 heterocycles. The van der Waals surface area contributed by atoms with Gasteiger partial charge in [-0.15, -0.1) is 12.4 Å². The van der Waals surface area contributed by atoms with E-state index in [-0.39, 0.29) is 57.8 Å². The van der Waals surface area contributed by atoms with E-state index >= 15 is 0 Å². The van der Waals surface area contributed by atoms with E-state index in [4.69, 9.17) is 44.3 Å². The highest BCUT2D eigenvalue weighted by molar-refractivity contribution is 6.31. The summed E-state index contributed by atoms with van der Waals surface area (Å²) in [6.07, 6.45) is 10.7. The molecule has 6 fully saturated rings. The van der Waals surface area contributed by atoms with Crippen LogP contribution < -0.4 is 0 Å². The van der Waals surface area contributed by atoms with Crippen LogP contribution in [-0.2, 0) is 25.5 Å². The summed E-state index contributed by atoms with van der Waals surface area (Å²) in [7, 11) is 0. The van der Waals surface area contributed by atoms with E-state index in [1.165, 1.54) is 0 Å². The van der Waals surface area contributed by atoms with Gasteiger partial charge in [0.25, 0.3) is 0 Å². The first kappa shape index (κ1) is 38.5. The number of hydrogen-bond acceptors (Lipinski definition) is 9. The molecule has 0 amide bonds. The molecule has 6 aliphatic carbocycles. The Kier molecular flexibility index (Phi) is 15.1. The van der Waals surface area contributed by atoms with Gasteiger partial charge in [0.05, 0.1) is 49.2 Å². The lowest BCUT2D eigenvalue weighted by Gasteiger charge is -2.47. The number of ether oxygens (including phenoxy) is 2. The number of aliphatic hydroxyl groups excluding tert-OH is 1. The van der Waals surface area contributed by atoms with Gasteiger partial charge in [-0.3, -0.25) is 9.59 Å². The molecule has 2 aromatic heterocycles. The molecule has 0 spiro atoms. The van der Waals surface area contributed by atoms with E-state index in [0.29, 0.717) is 49.0 Å². The van der Waals surface area contributed by atoms with Crippen molar-refractivity contribution in [3.63, 3.8) is 0 Å². The molecule has 4 atom stereocenters. The highest BCUT2D eigenvalue weighted by Crippen LogP contribution is 2.50. The summed E-state index contributed by atoms with van der Waals surface area (Å²) in [6, 6.07) is 0. The summed E-state index contributed by atoms with van der Waals surface area (Å²) in [5, 5.41) is 9.69. The predicted molar refractivity (Wildman–Crippen MR) is 171 cm³/mol. The summed E-state index contributed by atoms with van der Waals surface area (Å²) in [5.74, 6) is -0.216. The van der Waals surface area contributed by atoms with E-state index < -0.39 is 17.7 Å². The van der Waals surface area contributed by atoms with Gasteiger partial charge in [0, 0.05) is 0 Å². The molecule has 0 radical (unpaired) electrons. The smallest absolute Gasteiger partial charge is 0.311 e. The van der Waals surface area contributed by atoms with Crippen molar-refractivity contribution in [3.8, 4) is 0 Å². The Hall–Kier alpha value is -1.92. The van der Waals surface area contributed by atoms with Crippen molar-refractivity contribution >= 4 is 59.1 Å². The van der Waals surface area contributed by atoms with Gasteiger partial charge in [-0.25, -0.2) is 28.7 Å². The van der Waals surface area contributed by atoms with Gasteiger partial charge in [-0.05, 0) is 124 Å². The fourth-order valence-electron chi connectivity index (χ4n) is 7.53. The largest absolute Gasteiger partial charge is 0.466 e. The molecule has 15 heteroatoms. The zero-order valence-electron chi connectivity index (χ0n) is 25.7. The van der Waals surface area contributed by atoms with Crippen molar-refractivity contribution in [2.24, 2.45) is 41.4 Å². The Morgan fingerprint density at radius 2 is 1.22 bits per heavy atom. The van der Waals surface area contributed by atoms with Crippen LogP contribution in [0, 0.1) is 53.1 Å². The van der Waals surface area contributed by atoms with Gasteiger partial charge < -0.3 is 14.6 Å². The van der Waals surface area contributed by atoms with Crippen LogP contribution in [0.1, 0.15) is 70.9 Å². The van der Waals surface area contributed by atoms with E-state index in [2.05, 4.69) is 19.9 Å². The fraction of sp³-hybridized carbons (Fsp3) is 0.677. The van der Waals surface area contributed by atoms with Gasteiger partial charge in [0.15, 0.2) is 16.8 Å². The molecule has 4 bridgehead atoms. The van der Waals surface area contributed by atoms with E-state index in [0.717, 1.165) is 63.8 Å². The minimum atomic E-state index is -0.666. The number of hydrogen-bond donors (Lipinski definition) is 1. The monoisotopic (exact) mass is 726 g/mol. The molecular weight excluding hydrogens is 688 g/mol. The third-order valence-electron chi connectivity index (χ3n) is 9.57. The van der Waals surface area contributed by atoms with Gasteiger partial charge in [-0.1, -0.05) is 11.6 Å². The summed E-state index contributed by atoms with van der Waals surface area (Å²) < 4.78 is 36.4. The Morgan fingerprint density at radius 3 is 1.72 bits per heavy atom. The SMILES string of the molecule is CCOC(=O)[C@H]1C2CCC(CC2)[C@@H]1Cc1nc(Cl)ncc1F.CCOC(=O)[C@H]1C2CCC(CC2)[C@@H]1O.Cl.Fc1cnc(Cl)nc1Cl. The van der Waals surface area contributed by atoms with Crippen LogP contribution in [0.15, 0.2) is 12.4 Å². The Morgan fingerprint density at radius 1 is 0.761 bits per heavy atom. The zero-order valence-corrected chi connectivity index (χ0v) is 28.8. The van der Waals surface area contributed by atoms with Gasteiger partial charge in [0.2, 0.25) is 10.6 Å². The predicted octanol–water partition coefficient (Wildman–Crippen LogP) is 7.12. The molecule has 8 rings (SSSR count). The van der Waals surface area contributed by atoms with Crippen LogP contribution in [0.3, 0.4) is 0 Å². The lowest BCUT2D eigenvalue weighted by atomic mass is 9.57. The first-order valence-electron chi connectivity index (χ1n) is 15.6. The molecule has 0 saturated heterocycles. The maximum atomic E-state index is 13.9. The Labute approximate surface area is 288 Å². The van der Waals surface area contributed by atoms with Crippen LogP contribution in [0.4, 0.5) is 8.78 Å². The number of esters is 2. The standard InChI is InChI=1S/C16H20ClFN2O2.C11H18O3.C4HCl2FN2.ClH/c1-2-22-15(21)14-10-5-3-9(4-6-10)11(14)7-13-12(18)8-19-16(17)20-13;1-2-14-11(13)9-7-3-5-8(6-4-7)10(9)12;5-3-2(7)1-8-4(6)9-3;/h8-11,14H,2-7H2,1H3;7-10,12H,2-6H2,1H3;1H;1H/t9?,10?,11-,14-;7?,8?,9-,10-;;/m00../s1. The van der Waals surface area contributed by atoms with Crippen molar-refractivity contribution in [3.05, 3.63) is 45.4 Å². The van der Waals surface area contributed by atoms with Crippen molar-refractivity contribution in [2.75, 3.05) is 13.2 Å². The maximum Gasteiger partial charge on any atom is 0.311 e. The zero-order chi connectivity index (χ0) is 32.7. The minimum Gasteiger partial charge on any atom is -0.466 e. The van der Waals surface area contributed by atoms with E-state index in [1.807, 2.05) is 13.8 Å². The second-order valence-corrected chi connectivity index (χ2v) is 13.0. The molecule has 2 aromatic rings. The number of carbonyl (C=O) groups is 2. The van der Waals surface area contributed by atoms with Crippen LogP contribution in [-0.4, -0.2) is 56.3 Å². The van der Waals surface area contributed by atoms with Crippen LogP contribution >= 0.6 is 47.2 Å². The third-order valence-corrected chi connectivity index (χ3v) is 10.2. The fourth-order valence-corrected chi connectivity index (χ4v) is 7.99. The van der Waals surface area contributed by atoms with Gasteiger partial charge >= 0.3 is 11.9 Å². The Bertz CT molecular complexity index is 1310. The van der Waals surface area contributed by atoms with Crippen molar-refractivity contribution < 1.29 is 33.0 Å². The number of rotatable bonds is 6. The minimum absolute atomic E-state index is 0. The Balaban J connectivity index is 0.000000205. The van der Waals surface area contributed by atoms with Crippen LogP contribution in [0.5, 0.6) is 0 Å². The molecule has 6 saturated carbocycles. The van der Waals surface area contributed by atoms with Crippen molar-refractivity contribution in [2.45, 2.75) is 77.7 Å². The number of aromatic nitrogens is 4. The normalized spacial score (nSPS) is 28.9. The molecular formula is C31H40Cl4F2N4O5. The first-order valence-corrected chi connectivity index (χ1v) is 16.7. The summed E-state index contributed by atoms with van der Waals surface area (Å²) in [5.41, 5.74) is 0.312. The first-order chi connectivity index (χ1) is 21.5. The van der Waals surface area contributed by atoms with Gasteiger partial charge in [0.1, 0.15) is 0 Å². The number of nitrogens with zero attached hydrogens (tertiary/aromatic N) is 4.